The number of carbonyl (C=O) groups is 2. The van der Waals surface area contributed by atoms with Crippen LogP contribution in [0.15, 0.2) is 67.0 Å². The van der Waals surface area contributed by atoms with Crippen LogP contribution in [0.5, 0.6) is 11.5 Å². The van der Waals surface area contributed by atoms with Crippen molar-refractivity contribution in [3.63, 3.8) is 0 Å². The van der Waals surface area contributed by atoms with Crippen molar-refractivity contribution >= 4 is 23.3 Å². The number of benzene rings is 2. The molecule has 0 spiro atoms. The van der Waals surface area contributed by atoms with E-state index < -0.39 is 5.97 Å². The quantitative estimate of drug-likeness (QED) is 0.649. The smallest absolute Gasteiger partial charge is 0.335 e. The molecule has 1 N–H and O–H groups in total. The summed E-state index contributed by atoms with van der Waals surface area (Å²) in [6.07, 6.45) is 3.04. The molecule has 0 fully saturated rings. The number of amides is 1. The Morgan fingerprint density at radius 3 is 2.41 bits per heavy atom. The normalized spacial score (nSPS) is 10.3. The van der Waals surface area contributed by atoms with Crippen LogP contribution in [0.1, 0.15) is 27.6 Å². The first-order chi connectivity index (χ1) is 14.0. The number of pyridine rings is 1. The molecule has 0 radical (unpaired) electrons. The van der Waals surface area contributed by atoms with Gasteiger partial charge < -0.3 is 14.6 Å². The van der Waals surface area contributed by atoms with Gasteiger partial charge in [-0.2, -0.15) is 0 Å². The van der Waals surface area contributed by atoms with Gasteiger partial charge >= 0.3 is 5.97 Å². The fraction of sp³-hybridized carbons (Fsp3) is 0.136. The number of methoxy groups -OCH3 is 1. The van der Waals surface area contributed by atoms with Crippen molar-refractivity contribution < 1.29 is 24.2 Å². The topological polar surface area (TPSA) is 89.0 Å². The number of ether oxygens (including phenoxy) is 2. The molecule has 0 aliphatic rings. The average molecular weight is 392 g/mol. The molecule has 0 aliphatic carbocycles. The van der Waals surface area contributed by atoms with Crippen LogP contribution >= 0.6 is 0 Å². The third kappa shape index (κ3) is 4.35. The van der Waals surface area contributed by atoms with Gasteiger partial charge in [-0.3, -0.25) is 14.7 Å². The summed E-state index contributed by atoms with van der Waals surface area (Å²) in [5, 5.41) is 9.35. The number of hydrogen-bond acceptors (Lipinski definition) is 5. The van der Waals surface area contributed by atoms with Crippen molar-refractivity contribution in [3.05, 3.63) is 78.1 Å². The number of carboxylic acid groups (broad SMARTS) is 1. The van der Waals surface area contributed by atoms with Gasteiger partial charge in [0.05, 0.1) is 36.2 Å². The molecule has 3 rings (SSSR count). The third-order valence-corrected chi connectivity index (χ3v) is 4.17. The predicted molar refractivity (Wildman–Crippen MR) is 108 cm³/mol. The van der Waals surface area contributed by atoms with E-state index in [1.165, 1.54) is 30.3 Å². The molecular weight excluding hydrogens is 372 g/mol. The van der Waals surface area contributed by atoms with Crippen molar-refractivity contribution in [2.45, 2.75) is 6.92 Å². The minimum Gasteiger partial charge on any atom is -0.493 e. The number of aromatic nitrogens is 1. The fourth-order valence-electron chi connectivity index (χ4n) is 2.85. The Morgan fingerprint density at radius 2 is 1.76 bits per heavy atom. The van der Waals surface area contributed by atoms with Crippen LogP contribution in [0.3, 0.4) is 0 Å². The van der Waals surface area contributed by atoms with Crippen molar-refractivity contribution in [2.24, 2.45) is 0 Å². The van der Waals surface area contributed by atoms with Crippen LogP contribution in [-0.4, -0.2) is 35.7 Å². The second kappa shape index (κ2) is 8.88. The maximum Gasteiger partial charge on any atom is 0.335 e. The Balaban J connectivity index is 2.16. The molecule has 3 aromatic rings. The molecule has 7 heteroatoms. The number of aromatic carboxylic acids is 1. The van der Waals surface area contributed by atoms with Gasteiger partial charge in [0.25, 0.3) is 5.91 Å². The number of hydrogen-bond donors (Lipinski definition) is 1. The SMILES string of the molecule is CCOc1cc(N(C(=O)c2cccnc2)c2cccc(C(=O)O)c2)ccc1OC. The summed E-state index contributed by atoms with van der Waals surface area (Å²) >= 11 is 0. The molecule has 1 heterocycles. The number of anilines is 2. The zero-order valence-corrected chi connectivity index (χ0v) is 16.0. The van der Waals surface area contributed by atoms with Crippen LogP contribution in [0.4, 0.5) is 11.4 Å². The molecule has 0 aliphatic heterocycles. The van der Waals surface area contributed by atoms with Crippen molar-refractivity contribution in [3.8, 4) is 11.5 Å². The van der Waals surface area contributed by atoms with E-state index in [0.717, 1.165) is 0 Å². The number of carbonyl (C=O) groups excluding carboxylic acids is 1. The summed E-state index contributed by atoms with van der Waals surface area (Å²) in [5.74, 6) is -0.423. The number of rotatable bonds is 7. The van der Waals surface area contributed by atoms with E-state index in [1.807, 2.05) is 6.92 Å². The van der Waals surface area contributed by atoms with Crippen LogP contribution in [-0.2, 0) is 0 Å². The molecule has 0 saturated heterocycles. The molecule has 2 aromatic carbocycles. The fourth-order valence-corrected chi connectivity index (χ4v) is 2.85. The lowest BCUT2D eigenvalue weighted by Crippen LogP contribution is -2.26. The van der Waals surface area contributed by atoms with Gasteiger partial charge in [0.15, 0.2) is 11.5 Å². The molecule has 29 heavy (non-hydrogen) atoms. The molecule has 0 atom stereocenters. The van der Waals surface area contributed by atoms with E-state index in [-0.39, 0.29) is 11.5 Å². The molecule has 0 saturated carbocycles. The standard InChI is InChI=1S/C22H20N2O5/c1-3-29-20-13-18(9-10-19(20)28-2)24(21(25)16-7-5-11-23-14-16)17-8-4-6-15(12-17)22(26)27/h4-14H,3H2,1-2H3,(H,26,27). The summed E-state index contributed by atoms with van der Waals surface area (Å²) < 4.78 is 11.0. The summed E-state index contributed by atoms with van der Waals surface area (Å²) in [7, 11) is 1.53. The van der Waals surface area contributed by atoms with Crippen molar-refractivity contribution in [1.29, 1.82) is 0 Å². The van der Waals surface area contributed by atoms with E-state index in [1.54, 1.807) is 48.7 Å². The van der Waals surface area contributed by atoms with Crippen molar-refractivity contribution in [2.75, 3.05) is 18.6 Å². The third-order valence-electron chi connectivity index (χ3n) is 4.17. The zero-order chi connectivity index (χ0) is 20.8. The van der Waals surface area contributed by atoms with E-state index in [9.17, 15) is 14.7 Å². The monoisotopic (exact) mass is 392 g/mol. The van der Waals surface area contributed by atoms with Gasteiger partial charge in [0.1, 0.15) is 0 Å². The minimum absolute atomic E-state index is 0.0741. The Hall–Kier alpha value is -3.87. The average Bonchev–Trinajstić information content (AvgIpc) is 2.75. The van der Waals surface area contributed by atoms with Crippen LogP contribution in [0.25, 0.3) is 0 Å². The molecule has 7 nitrogen and oxygen atoms in total. The molecule has 148 valence electrons. The summed E-state index contributed by atoms with van der Waals surface area (Å²) in [4.78, 5) is 30.2. The summed E-state index contributed by atoms with van der Waals surface area (Å²) in [5.41, 5.74) is 1.35. The Bertz CT molecular complexity index is 1020. The lowest BCUT2D eigenvalue weighted by molar-refractivity contribution is 0.0696. The zero-order valence-electron chi connectivity index (χ0n) is 16.0. The predicted octanol–water partition coefficient (Wildman–Crippen LogP) is 4.17. The molecule has 0 bridgehead atoms. The lowest BCUT2D eigenvalue weighted by Gasteiger charge is -2.24. The first-order valence-electron chi connectivity index (χ1n) is 8.93. The van der Waals surface area contributed by atoms with Crippen LogP contribution in [0.2, 0.25) is 0 Å². The Labute approximate surface area is 168 Å². The molecule has 1 amide bonds. The highest BCUT2D eigenvalue weighted by molar-refractivity contribution is 6.11. The summed E-state index contributed by atoms with van der Waals surface area (Å²) in [6.45, 7) is 2.27. The minimum atomic E-state index is -1.08. The molecule has 0 unspecified atom stereocenters. The molecular formula is C22H20N2O5. The Kier molecular flexibility index (Phi) is 6.09. The number of carboxylic acids is 1. The van der Waals surface area contributed by atoms with E-state index in [4.69, 9.17) is 9.47 Å². The highest BCUT2D eigenvalue weighted by Crippen LogP contribution is 2.36. The van der Waals surface area contributed by atoms with Gasteiger partial charge in [-0.1, -0.05) is 6.07 Å². The first kappa shape index (κ1) is 19.9. The largest absolute Gasteiger partial charge is 0.493 e. The van der Waals surface area contributed by atoms with Crippen LogP contribution < -0.4 is 14.4 Å². The van der Waals surface area contributed by atoms with Gasteiger partial charge in [0, 0.05) is 18.5 Å². The van der Waals surface area contributed by atoms with Gasteiger partial charge in [-0.25, -0.2) is 4.79 Å². The second-order valence-corrected chi connectivity index (χ2v) is 6.01. The number of nitrogens with zero attached hydrogens (tertiary/aromatic N) is 2. The van der Waals surface area contributed by atoms with Crippen molar-refractivity contribution in [1.82, 2.24) is 4.98 Å². The van der Waals surface area contributed by atoms with E-state index >= 15 is 0 Å². The lowest BCUT2D eigenvalue weighted by atomic mass is 10.1. The van der Waals surface area contributed by atoms with E-state index in [2.05, 4.69) is 4.98 Å². The maximum atomic E-state index is 13.3. The highest BCUT2D eigenvalue weighted by Gasteiger charge is 2.22. The van der Waals surface area contributed by atoms with E-state index in [0.29, 0.717) is 35.0 Å². The molecule has 1 aromatic heterocycles. The van der Waals surface area contributed by atoms with Gasteiger partial charge in [-0.05, 0) is 49.4 Å². The van der Waals surface area contributed by atoms with Crippen LogP contribution in [0, 0.1) is 0 Å². The second-order valence-electron chi connectivity index (χ2n) is 6.01. The first-order valence-corrected chi connectivity index (χ1v) is 8.93. The highest BCUT2D eigenvalue weighted by atomic mass is 16.5. The summed E-state index contributed by atoms with van der Waals surface area (Å²) in [6, 6.07) is 14.6. The van der Waals surface area contributed by atoms with Gasteiger partial charge in [0.2, 0.25) is 0 Å². The maximum absolute atomic E-state index is 13.3. The van der Waals surface area contributed by atoms with Gasteiger partial charge in [-0.15, -0.1) is 0 Å². The Morgan fingerprint density at radius 1 is 1.00 bits per heavy atom.